The smallest absolute Gasteiger partial charge is 0.255 e. The summed E-state index contributed by atoms with van der Waals surface area (Å²) in [4.78, 5) is 12.0. The van der Waals surface area contributed by atoms with Gasteiger partial charge in [-0.2, -0.15) is 5.10 Å². The number of halogens is 1. The molecule has 0 saturated heterocycles. The van der Waals surface area contributed by atoms with Gasteiger partial charge in [-0.05, 0) is 18.1 Å². The lowest BCUT2D eigenvalue weighted by Gasteiger charge is -2.06. The van der Waals surface area contributed by atoms with E-state index in [1.54, 1.807) is 10.9 Å². The Morgan fingerprint density at radius 1 is 1.42 bits per heavy atom. The summed E-state index contributed by atoms with van der Waals surface area (Å²) >= 11 is 5.78. The van der Waals surface area contributed by atoms with Gasteiger partial charge in [0, 0.05) is 25.2 Å². The molecule has 1 N–H and O–H groups in total. The largest absolute Gasteiger partial charge is 0.348 e. The number of aryl methyl sites for hydroxylation is 1. The first kappa shape index (κ1) is 13.6. The molecule has 0 unspecified atom stereocenters. The molecule has 0 bridgehead atoms. The summed E-state index contributed by atoms with van der Waals surface area (Å²) in [5.41, 5.74) is 3.54. The molecule has 1 aromatic heterocycles. The van der Waals surface area contributed by atoms with Crippen LogP contribution in [0.4, 0.5) is 0 Å². The minimum atomic E-state index is -0.109. The molecule has 0 aliphatic rings. The Balaban J connectivity index is 2.02. The van der Waals surface area contributed by atoms with Crippen molar-refractivity contribution in [2.24, 2.45) is 7.05 Å². The zero-order valence-electron chi connectivity index (χ0n) is 11.0. The average Bonchev–Trinajstić information content (AvgIpc) is 2.77. The predicted octanol–water partition coefficient (Wildman–Crippen LogP) is 2.40. The lowest BCUT2D eigenvalue weighted by Crippen LogP contribution is -2.23. The molecule has 0 fully saturated rings. The highest BCUT2D eigenvalue weighted by atomic mass is 35.5. The molecule has 1 heterocycles. The third-order valence-electron chi connectivity index (χ3n) is 3.08. The first-order chi connectivity index (χ1) is 9.11. The second kappa shape index (κ2) is 5.89. The molecular weight excluding hydrogens is 262 g/mol. The Hall–Kier alpha value is -1.81. The van der Waals surface area contributed by atoms with Crippen LogP contribution in [-0.2, 0) is 19.5 Å². The van der Waals surface area contributed by atoms with Crippen molar-refractivity contribution in [1.29, 1.82) is 0 Å². The summed E-state index contributed by atoms with van der Waals surface area (Å²) in [5.74, 6) is 0.366. The molecule has 4 nitrogen and oxygen atoms in total. The third-order valence-corrected chi connectivity index (χ3v) is 3.39. The van der Waals surface area contributed by atoms with Gasteiger partial charge in [0.05, 0.1) is 11.8 Å². The molecule has 100 valence electrons. The number of nitrogens with zero attached hydrogens (tertiary/aromatic N) is 2. The van der Waals surface area contributed by atoms with Crippen LogP contribution in [0.1, 0.15) is 27.2 Å². The van der Waals surface area contributed by atoms with E-state index < -0.39 is 0 Å². The quantitative estimate of drug-likeness (QED) is 0.873. The van der Waals surface area contributed by atoms with E-state index in [-0.39, 0.29) is 5.91 Å². The fraction of sp³-hybridized carbons (Fsp3) is 0.286. The van der Waals surface area contributed by atoms with E-state index in [4.69, 9.17) is 11.6 Å². The van der Waals surface area contributed by atoms with Crippen molar-refractivity contribution in [1.82, 2.24) is 15.1 Å². The van der Waals surface area contributed by atoms with Gasteiger partial charge >= 0.3 is 0 Å². The number of amides is 1. The van der Waals surface area contributed by atoms with Gasteiger partial charge in [-0.25, -0.2) is 0 Å². The highest BCUT2D eigenvalue weighted by Crippen LogP contribution is 2.09. The summed E-state index contributed by atoms with van der Waals surface area (Å²) in [5, 5.41) is 6.94. The van der Waals surface area contributed by atoms with Crippen LogP contribution in [0.15, 0.2) is 30.5 Å². The van der Waals surface area contributed by atoms with Gasteiger partial charge < -0.3 is 5.32 Å². The van der Waals surface area contributed by atoms with Gasteiger partial charge in [0.15, 0.2) is 0 Å². The summed E-state index contributed by atoms with van der Waals surface area (Å²) in [7, 11) is 1.82. The number of aromatic nitrogens is 2. The molecule has 2 rings (SSSR count). The Labute approximate surface area is 117 Å². The second-order valence-corrected chi connectivity index (χ2v) is 4.67. The fourth-order valence-corrected chi connectivity index (χ4v) is 1.99. The van der Waals surface area contributed by atoms with Crippen LogP contribution < -0.4 is 5.32 Å². The van der Waals surface area contributed by atoms with E-state index in [0.29, 0.717) is 18.0 Å². The van der Waals surface area contributed by atoms with Crippen LogP contribution in [0.25, 0.3) is 0 Å². The normalized spacial score (nSPS) is 10.5. The van der Waals surface area contributed by atoms with Crippen LogP contribution >= 0.6 is 11.6 Å². The number of carbonyl (C=O) groups is 1. The van der Waals surface area contributed by atoms with Crippen LogP contribution in [0.3, 0.4) is 0 Å². The van der Waals surface area contributed by atoms with Gasteiger partial charge in [0.2, 0.25) is 0 Å². The third kappa shape index (κ3) is 3.15. The number of alkyl halides is 1. The van der Waals surface area contributed by atoms with Gasteiger partial charge in [-0.3, -0.25) is 9.48 Å². The highest BCUT2D eigenvalue weighted by molar-refractivity contribution is 6.17. The minimum absolute atomic E-state index is 0.109. The second-order valence-electron chi connectivity index (χ2n) is 4.40. The molecule has 0 aliphatic heterocycles. The maximum absolute atomic E-state index is 12.0. The first-order valence-electron chi connectivity index (χ1n) is 6.02. The summed E-state index contributed by atoms with van der Waals surface area (Å²) in [6.45, 7) is 2.36. The number of hydrogen-bond acceptors (Lipinski definition) is 2. The molecular formula is C14H16ClN3O. The average molecular weight is 278 g/mol. The van der Waals surface area contributed by atoms with Crippen LogP contribution in [0.2, 0.25) is 0 Å². The Kier molecular flexibility index (Phi) is 4.22. The Morgan fingerprint density at radius 2 is 2.16 bits per heavy atom. The van der Waals surface area contributed by atoms with E-state index in [0.717, 1.165) is 16.8 Å². The first-order valence-corrected chi connectivity index (χ1v) is 6.56. The van der Waals surface area contributed by atoms with E-state index >= 15 is 0 Å². The molecule has 0 radical (unpaired) electrons. The number of benzene rings is 1. The predicted molar refractivity (Wildman–Crippen MR) is 75.1 cm³/mol. The van der Waals surface area contributed by atoms with Crippen molar-refractivity contribution in [2.45, 2.75) is 19.3 Å². The molecule has 19 heavy (non-hydrogen) atoms. The lowest BCUT2D eigenvalue weighted by molar-refractivity contribution is 0.0950. The Morgan fingerprint density at radius 3 is 2.79 bits per heavy atom. The van der Waals surface area contributed by atoms with Gasteiger partial charge in [0.1, 0.15) is 0 Å². The van der Waals surface area contributed by atoms with Crippen LogP contribution in [-0.4, -0.2) is 15.7 Å². The van der Waals surface area contributed by atoms with Crippen molar-refractivity contribution in [2.75, 3.05) is 0 Å². The van der Waals surface area contributed by atoms with Gasteiger partial charge in [-0.15, -0.1) is 11.6 Å². The molecule has 1 aromatic carbocycles. The van der Waals surface area contributed by atoms with Crippen LogP contribution in [0, 0.1) is 6.92 Å². The van der Waals surface area contributed by atoms with Crippen molar-refractivity contribution in [3.8, 4) is 0 Å². The zero-order valence-corrected chi connectivity index (χ0v) is 11.7. The number of nitrogens with one attached hydrogen (secondary N) is 1. The van der Waals surface area contributed by atoms with E-state index in [9.17, 15) is 4.79 Å². The molecule has 1 amide bonds. The maximum atomic E-state index is 12.0. The molecule has 0 atom stereocenters. The monoisotopic (exact) mass is 277 g/mol. The number of carbonyl (C=O) groups excluding carboxylic acids is 1. The molecule has 2 aromatic rings. The molecule has 0 spiro atoms. The van der Waals surface area contributed by atoms with Gasteiger partial charge in [-0.1, -0.05) is 24.3 Å². The topological polar surface area (TPSA) is 46.9 Å². The van der Waals surface area contributed by atoms with Crippen LogP contribution in [0.5, 0.6) is 0 Å². The zero-order chi connectivity index (χ0) is 13.8. The highest BCUT2D eigenvalue weighted by Gasteiger charge is 2.12. The SMILES string of the molecule is Cc1c(C(=O)NCc2cccc(CCl)c2)cnn1C. The number of rotatable bonds is 4. The summed E-state index contributed by atoms with van der Waals surface area (Å²) < 4.78 is 1.68. The van der Waals surface area contributed by atoms with Gasteiger partial charge in [0.25, 0.3) is 5.91 Å². The van der Waals surface area contributed by atoms with E-state index in [1.165, 1.54) is 0 Å². The molecule has 5 heteroatoms. The minimum Gasteiger partial charge on any atom is -0.348 e. The van der Waals surface area contributed by atoms with Crippen molar-refractivity contribution < 1.29 is 4.79 Å². The summed E-state index contributed by atoms with van der Waals surface area (Å²) in [6, 6.07) is 7.86. The van der Waals surface area contributed by atoms with E-state index in [1.807, 2.05) is 38.2 Å². The summed E-state index contributed by atoms with van der Waals surface area (Å²) in [6.07, 6.45) is 1.58. The number of hydrogen-bond donors (Lipinski definition) is 1. The van der Waals surface area contributed by atoms with Crippen molar-refractivity contribution >= 4 is 17.5 Å². The standard InChI is InChI=1S/C14H16ClN3O/c1-10-13(9-17-18(10)2)14(19)16-8-12-5-3-4-11(6-12)7-15/h3-6,9H,7-8H2,1-2H3,(H,16,19). The molecule has 0 aliphatic carbocycles. The van der Waals surface area contributed by atoms with Crippen molar-refractivity contribution in [3.05, 3.63) is 52.8 Å². The van der Waals surface area contributed by atoms with E-state index in [2.05, 4.69) is 10.4 Å². The maximum Gasteiger partial charge on any atom is 0.255 e. The Bertz CT molecular complexity index is 592. The molecule has 0 saturated carbocycles. The van der Waals surface area contributed by atoms with Crippen molar-refractivity contribution in [3.63, 3.8) is 0 Å². The fourth-order valence-electron chi connectivity index (χ4n) is 1.82. The lowest BCUT2D eigenvalue weighted by atomic mass is 10.1.